The van der Waals surface area contributed by atoms with Gasteiger partial charge in [-0.1, -0.05) is 22.9 Å². The molecule has 8 aromatic rings. The van der Waals surface area contributed by atoms with Gasteiger partial charge in [0.1, 0.15) is 49.0 Å². The molecular formula is C44H35ClN10O21S8. The van der Waals surface area contributed by atoms with Crippen LogP contribution in [0.5, 0.6) is 11.6 Å². The van der Waals surface area contributed by atoms with Crippen LogP contribution in [-0.2, 0) is 60.7 Å². The van der Waals surface area contributed by atoms with E-state index in [9.17, 15) is 93.0 Å². The first-order chi connectivity index (χ1) is 39.0. The molecule has 0 bridgehead atoms. The first-order valence-electron chi connectivity index (χ1n) is 22.7. The Hall–Kier alpha value is -7.14. The number of hydrogen-bond acceptors (Lipinski definition) is 26. The molecule has 0 aliphatic heterocycles. The van der Waals surface area contributed by atoms with Gasteiger partial charge in [-0.15, -0.1) is 37.3 Å². The maximum Gasteiger partial charge on any atom is 0.296 e. The first-order valence-corrected chi connectivity index (χ1v) is 33.9. The molecule has 0 amide bonds. The number of fused-ring (bicyclic) bond motifs is 6. The van der Waals surface area contributed by atoms with Crippen LogP contribution in [0.15, 0.2) is 110 Å². The van der Waals surface area contributed by atoms with E-state index in [1.807, 2.05) is 6.07 Å². The maximum atomic E-state index is 12.7. The van der Waals surface area contributed by atoms with E-state index in [1.54, 1.807) is 0 Å². The van der Waals surface area contributed by atoms with Crippen molar-refractivity contribution in [3.05, 3.63) is 81.9 Å². The van der Waals surface area contributed by atoms with Crippen molar-refractivity contribution in [2.75, 3.05) is 23.9 Å². The summed E-state index contributed by atoms with van der Waals surface area (Å²) >= 11 is 7.49. The molecule has 0 saturated carbocycles. The lowest BCUT2D eigenvalue weighted by Crippen LogP contribution is -2.08. The summed E-state index contributed by atoms with van der Waals surface area (Å²) in [5.74, 6) is -2.44. The van der Waals surface area contributed by atoms with Crippen molar-refractivity contribution >= 4 is 173 Å². The second-order valence-corrected chi connectivity index (χ2v) is 28.8. The number of rotatable bonds is 21. The highest BCUT2D eigenvalue weighted by atomic mass is 35.5. The van der Waals surface area contributed by atoms with Crippen molar-refractivity contribution in [1.82, 2.24) is 14.4 Å². The van der Waals surface area contributed by atoms with Gasteiger partial charge in [-0.2, -0.15) is 60.9 Å². The molecule has 3 aromatic heterocycles. The number of aldehydes is 1. The topological polar surface area (TPSA) is 501 Å². The van der Waals surface area contributed by atoms with E-state index >= 15 is 0 Å². The summed E-state index contributed by atoms with van der Waals surface area (Å²) in [6, 6.07) is 10.7. The molecule has 0 unspecified atom stereocenters. The van der Waals surface area contributed by atoms with Crippen molar-refractivity contribution in [1.29, 1.82) is 5.26 Å². The molecule has 40 heteroatoms. The lowest BCUT2D eigenvalue weighted by atomic mass is 10.1. The second-order valence-electron chi connectivity index (χ2n) is 17.5. The van der Waals surface area contributed by atoms with Gasteiger partial charge in [0.25, 0.3) is 60.7 Å². The number of aromatic nitrogens is 3. The van der Waals surface area contributed by atoms with Crippen molar-refractivity contribution in [3.8, 4) is 17.7 Å². The Kier molecular flexibility index (Phi) is 17.5. The molecule has 0 fully saturated rings. The van der Waals surface area contributed by atoms with Gasteiger partial charge in [-0.05, 0) is 86.5 Å². The number of benzene rings is 5. The molecule has 7 N–H and O–H groups in total. The number of aryl methyl sites for hydroxylation is 1. The Morgan fingerprint density at radius 1 is 0.690 bits per heavy atom. The molecule has 0 aliphatic carbocycles. The quantitative estimate of drug-likeness (QED) is 0.0116. The third-order valence-electron chi connectivity index (χ3n) is 11.7. The van der Waals surface area contributed by atoms with Crippen LogP contribution < -0.4 is 4.74 Å². The number of imidazole rings is 1. The number of thioether (sulfide) groups is 1. The zero-order chi connectivity index (χ0) is 61.8. The molecule has 8 rings (SSSR count). The third-order valence-corrected chi connectivity index (χ3v) is 19.1. The highest BCUT2D eigenvalue weighted by Crippen LogP contribution is 2.45. The highest BCUT2D eigenvalue weighted by Gasteiger charge is 2.29. The monoisotopic (exact) mass is 1330 g/mol. The smallest absolute Gasteiger partial charge is 0.296 e. The Labute approximate surface area is 486 Å². The van der Waals surface area contributed by atoms with E-state index in [0.717, 1.165) is 34.4 Å². The van der Waals surface area contributed by atoms with Crippen LogP contribution in [0.1, 0.15) is 39.9 Å². The Balaban J connectivity index is 1.22. The number of ether oxygens (including phenoxy) is 1. The van der Waals surface area contributed by atoms with Crippen LogP contribution in [0.2, 0.25) is 5.02 Å². The minimum atomic E-state index is -5.35. The zero-order valence-electron chi connectivity index (χ0n) is 42.0. The summed E-state index contributed by atoms with van der Waals surface area (Å²) in [6.07, 6.45) is -0.116. The van der Waals surface area contributed by atoms with Crippen molar-refractivity contribution in [3.63, 3.8) is 0 Å². The number of pyridine rings is 1. The van der Waals surface area contributed by atoms with Gasteiger partial charge >= 0.3 is 0 Å². The summed E-state index contributed by atoms with van der Waals surface area (Å²) < 4.78 is 211. The van der Waals surface area contributed by atoms with Gasteiger partial charge in [0, 0.05) is 37.9 Å². The predicted molar refractivity (Wildman–Crippen MR) is 299 cm³/mol. The average molecular weight is 1330 g/mol. The number of halogens is 1. The minimum absolute atomic E-state index is 0.00557. The molecular weight excluding hydrogens is 1300 g/mol. The minimum Gasteiger partial charge on any atom is -0.493 e. The molecule has 0 saturated heterocycles. The fourth-order valence-electron chi connectivity index (χ4n) is 7.99. The Morgan fingerprint density at radius 3 is 1.94 bits per heavy atom. The van der Waals surface area contributed by atoms with Crippen molar-refractivity contribution in [2.45, 2.75) is 51.2 Å². The number of azo groups is 3. The van der Waals surface area contributed by atoms with Crippen LogP contribution >= 0.6 is 34.7 Å². The average Bonchev–Trinajstić information content (AvgIpc) is 1.59. The molecule has 0 radical (unpaired) electrons. The lowest BCUT2D eigenvalue weighted by molar-refractivity contribution is 0.112. The van der Waals surface area contributed by atoms with Crippen molar-refractivity contribution < 1.29 is 92.5 Å². The van der Waals surface area contributed by atoms with Gasteiger partial charge in [0.05, 0.1) is 50.1 Å². The molecule has 84 heavy (non-hydrogen) atoms. The van der Waals surface area contributed by atoms with Gasteiger partial charge in [-0.25, -0.2) is 9.97 Å². The molecule has 5 aromatic carbocycles. The van der Waals surface area contributed by atoms with E-state index in [4.69, 9.17) is 16.3 Å². The summed E-state index contributed by atoms with van der Waals surface area (Å²) in [5.41, 5.74) is -2.46. The van der Waals surface area contributed by atoms with E-state index in [1.165, 1.54) is 38.1 Å². The summed E-state index contributed by atoms with van der Waals surface area (Å²) in [7, 11) is -29.7. The first kappa shape index (κ1) is 62.9. The van der Waals surface area contributed by atoms with Crippen molar-refractivity contribution in [2.24, 2.45) is 30.7 Å². The molecule has 0 spiro atoms. The normalized spacial score (nSPS) is 13.2. The standard InChI is InChI=1S/C44H35ClN10O21S8/c1-20-9-30(51-53-38-21(2)27(18-46)42-47-32-11-23(45)12-37(84(73,74)75)40(32)55(42)43(38)57)33(76-5-3-7-79(58,59)60)16-28(20)49-52-31-10-22(19-56)29(17-34(31)77-6-4-8-80(61,62)63)50-54-44-48-39-36(83(70,71)72)15-25-26(41(39)78-44)13-24(81(64,65)66)14-35(25)82(67,68)69/h9-17,19,57H,3-8H2,1-2H3,(H,58,59,60)(H,61,62,63)(H,64,65,66)(H,67,68,69)(H,70,71,72)(H,73,74,75). The fraction of sp³-hybridized carbons (Fsp3) is 0.182. The summed E-state index contributed by atoms with van der Waals surface area (Å²) in [4.78, 5) is 17.1. The van der Waals surface area contributed by atoms with E-state index < -0.39 is 125 Å². The van der Waals surface area contributed by atoms with Crippen LogP contribution in [0.3, 0.4) is 0 Å². The fourth-order valence-corrected chi connectivity index (χ4v) is 14.1. The van der Waals surface area contributed by atoms with Gasteiger partial charge in [0.2, 0.25) is 11.0 Å². The number of thiazole rings is 1. The lowest BCUT2D eigenvalue weighted by Gasteiger charge is -2.12. The summed E-state index contributed by atoms with van der Waals surface area (Å²) in [6.45, 7) is 2.49. The molecule has 0 aliphatic rings. The molecule has 442 valence electrons. The van der Waals surface area contributed by atoms with E-state index in [0.29, 0.717) is 29.8 Å². The van der Waals surface area contributed by atoms with Gasteiger partial charge in [0.15, 0.2) is 17.6 Å². The molecule has 0 atom stereocenters. The maximum absolute atomic E-state index is 12.7. The zero-order valence-corrected chi connectivity index (χ0v) is 49.3. The number of nitrogens with zero attached hydrogens (tertiary/aromatic N) is 10. The van der Waals surface area contributed by atoms with Crippen LogP contribution in [0.4, 0.5) is 33.6 Å². The highest BCUT2D eigenvalue weighted by molar-refractivity contribution is 7.99. The number of carbonyl (C=O) groups excluding carboxylic acids is 1. The number of carbonyl (C=O) groups is 1. The molecule has 31 nitrogen and oxygen atoms in total. The van der Waals surface area contributed by atoms with E-state index in [2.05, 4.69) is 40.7 Å². The van der Waals surface area contributed by atoms with Crippen LogP contribution in [-0.4, -0.2) is 127 Å². The Morgan fingerprint density at radius 2 is 1.32 bits per heavy atom. The third kappa shape index (κ3) is 13.8. The van der Waals surface area contributed by atoms with Gasteiger partial charge in [-0.3, -0.25) is 36.5 Å². The largest absolute Gasteiger partial charge is 0.493 e. The van der Waals surface area contributed by atoms with E-state index in [-0.39, 0.29) is 107 Å². The van der Waals surface area contributed by atoms with Gasteiger partial charge < -0.3 is 9.84 Å². The predicted octanol–water partition coefficient (Wildman–Crippen LogP) is 9.17. The number of hydrogen-bond donors (Lipinski definition) is 7. The number of nitriles is 1. The SMILES string of the molecule is Cc1cc(N=Nc2c(C)c(C#N)c3nc4cc(Cl)cc(S(=O)(=O)O)c4n3c2O)c(OCCCS(=O)(=O)O)cc1N=Nc1cc(C=O)c(N=Nc2nc3c(S(=O)(=O)O)cc4c(S(=O)(=O)O)cc(S(=O)(=O)O)cc4c3s2)cc1SCCCS(=O)(=O)O. The van der Waals surface area contributed by atoms with Crippen LogP contribution in [0.25, 0.3) is 37.7 Å². The summed E-state index contributed by atoms with van der Waals surface area (Å²) in [5, 5.41) is 45.3. The second kappa shape index (κ2) is 23.4. The molecule has 3 heterocycles. The van der Waals surface area contributed by atoms with Crippen LogP contribution in [0, 0.1) is 25.2 Å². The number of aromatic hydroxyl groups is 1. The Bertz CT molecular complexity index is 5010.